The minimum Gasteiger partial charge on any atom is -0.305 e. The average Bonchev–Trinajstić information content (AvgIpc) is 3.08. The third-order valence-electron chi connectivity index (χ3n) is 6.64. The Hall–Kier alpha value is -3.30. The fourth-order valence-electron chi connectivity index (χ4n) is 5.35. The highest BCUT2D eigenvalue weighted by atomic mass is 127. The molecule has 0 N–H and O–H groups in total. The van der Waals surface area contributed by atoms with Crippen LogP contribution in [0.2, 0.25) is 0 Å². The van der Waals surface area contributed by atoms with E-state index in [0.29, 0.717) is 11.4 Å². The Morgan fingerprint density at radius 2 is 2.12 bits per heavy atom. The molecular weight excluding hydrogens is 539 g/mol. The SMILES string of the molecule is C=C1C2C(c3ccncc3[N+]3(I)N=CN(C)C13)c1cc(F)c(C#N)c(F)c1-c1nccc[n+]12. The van der Waals surface area contributed by atoms with Gasteiger partial charge in [-0.1, -0.05) is 14.5 Å². The molecule has 4 atom stereocenters. The lowest BCUT2D eigenvalue weighted by Gasteiger charge is -2.33. The van der Waals surface area contributed by atoms with Gasteiger partial charge < -0.3 is 4.90 Å². The van der Waals surface area contributed by atoms with Crippen LogP contribution in [0.4, 0.5) is 14.5 Å². The minimum absolute atomic E-state index is 0.129. The van der Waals surface area contributed by atoms with Crippen molar-refractivity contribution >= 4 is 34.9 Å². The van der Waals surface area contributed by atoms with E-state index in [1.165, 1.54) is 6.07 Å². The number of hydrogen-bond acceptors (Lipinski definition) is 5. The second kappa shape index (κ2) is 6.85. The van der Waals surface area contributed by atoms with Crippen molar-refractivity contribution in [3.8, 4) is 17.5 Å². The molecule has 0 radical (unpaired) electrons. The first kappa shape index (κ1) is 20.3. The lowest BCUT2D eigenvalue weighted by atomic mass is 9.76. The Bertz CT molecular complexity index is 1450. The second-order valence-corrected chi connectivity index (χ2v) is 9.75. The van der Waals surface area contributed by atoms with Gasteiger partial charge in [-0.05, 0) is 22.7 Å². The number of aromatic nitrogens is 3. The first-order valence-electron chi connectivity index (χ1n) is 10.2. The maximum Gasteiger partial charge on any atom is 0.334 e. The van der Waals surface area contributed by atoms with Gasteiger partial charge >= 0.3 is 5.82 Å². The van der Waals surface area contributed by atoms with Gasteiger partial charge in [0.05, 0.1) is 23.9 Å². The molecule has 33 heavy (non-hydrogen) atoms. The van der Waals surface area contributed by atoms with Gasteiger partial charge in [0.1, 0.15) is 35.3 Å². The van der Waals surface area contributed by atoms with Crippen molar-refractivity contribution in [2.75, 3.05) is 7.05 Å². The molecule has 10 heteroatoms. The number of likely N-dealkylation sites (N-methyl/N-ethyl adjacent to an activating group) is 1. The Labute approximate surface area is 202 Å². The van der Waals surface area contributed by atoms with Crippen LogP contribution in [0.3, 0.4) is 0 Å². The van der Waals surface area contributed by atoms with E-state index in [9.17, 15) is 9.65 Å². The summed E-state index contributed by atoms with van der Waals surface area (Å²) in [6, 6.07) is 6.17. The first-order chi connectivity index (χ1) is 15.9. The normalized spacial score (nSPS) is 26.5. The fraction of sp³-hybridized carbons (Fsp3) is 0.174. The van der Waals surface area contributed by atoms with Gasteiger partial charge in [0, 0.05) is 24.9 Å². The van der Waals surface area contributed by atoms with Gasteiger partial charge in [0.25, 0.3) is 22.9 Å². The molecule has 3 aliphatic rings. The molecule has 3 aliphatic heterocycles. The maximum absolute atomic E-state index is 15.6. The number of rotatable bonds is 0. The van der Waals surface area contributed by atoms with E-state index in [1.54, 1.807) is 37.1 Å². The van der Waals surface area contributed by atoms with Gasteiger partial charge in [-0.25, -0.2) is 13.3 Å². The zero-order chi connectivity index (χ0) is 23.1. The molecule has 0 spiro atoms. The van der Waals surface area contributed by atoms with Crippen molar-refractivity contribution in [1.82, 2.24) is 17.7 Å². The molecular formula is C23H16F2IN7+2. The van der Waals surface area contributed by atoms with E-state index in [4.69, 9.17) is 5.10 Å². The number of quaternary nitrogens is 1. The number of nitriles is 1. The molecule has 0 fully saturated rings. The van der Waals surface area contributed by atoms with Crippen LogP contribution in [0.1, 0.15) is 28.7 Å². The summed E-state index contributed by atoms with van der Waals surface area (Å²) in [5.74, 6) is -1.95. The molecule has 162 valence electrons. The van der Waals surface area contributed by atoms with Crippen LogP contribution in [0.15, 0.2) is 60.2 Å². The third kappa shape index (κ3) is 2.49. The van der Waals surface area contributed by atoms with E-state index in [1.807, 2.05) is 28.8 Å². The van der Waals surface area contributed by atoms with E-state index in [0.717, 1.165) is 16.8 Å². The molecule has 0 amide bonds. The van der Waals surface area contributed by atoms with Gasteiger partial charge in [0.2, 0.25) is 6.17 Å². The van der Waals surface area contributed by atoms with Crippen LogP contribution in [0.25, 0.3) is 11.4 Å². The van der Waals surface area contributed by atoms with Crippen LogP contribution >= 0.6 is 22.9 Å². The monoisotopic (exact) mass is 555 g/mol. The Morgan fingerprint density at radius 3 is 2.91 bits per heavy atom. The quantitative estimate of drug-likeness (QED) is 0.184. The first-order valence-corrected chi connectivity index (χ1v) is 11.1. The van der Waals surface area contributed by atoms with Crippen molar-refractivity contribution in [3.05, 3.63) is 83.5 Å². The number of halogens is 3. The molecule has 0 saturated carbocycles. The van der Waals surface area contributed by atoms with E-state index >= 15 is 4.39 Å². The highest BCUT2D eigenvalue weighted by molar-refractivity contribution is 14.1. The molecule has 3 aromatic rings. The van der Waals surface area contributed by atoms with Gasteiger partial charge in [-0.15, -0.1) is 0 Å². The standard InChI is InChI=1S/C23H16F2IN7/c1-12-21-18(13-4-6-28-10-17(13)33(26)23(12)31(2)11-30-33)14-8-16(24)15(9-27)20(25)19(14)22-29-5-3-7-32(21)22/h3-8,10-11,18,21,23H,1H2,2H3/q+2. The minimum atomic E-state index is -0.905. The van der Waals surface area contributed by atoms with E-state index in [2.05, 4.69) is 39.4 Å². The Morgan fingerprint density at radius 1 is 1.30 bits per heavy atom. The van der Waals surface area contributed by atoms with E-state index in [-0.39, 0.29) is 14.5 Å². The smallest absolute Gasteiger partial charge is 0.305 e. The lowest BCUT2D eigenvalue weighted by Crippen LogP contribution is -2.54. The molecule has 4 unspecified atom stereocenters. The molecule has 5 heterocycles. The van der Waals surface area contributed by atoms with E-state index < -0.39 is 29.2 Å². The molecule has 7 nitrogen and oxygen atoms in total. The molecule has 0 saturated heterocycles. The van der Waals surface area contributed by atoms with Crippen LogP contribution in [0.5, 0.6) is 0 Å². The molecule has 0 bridgehead atoms. The summed E-state index contributed by atoms with van der Waals surface area (Å²) in [6.45, 7) is 4.48. The number of hydrogen-bond donors (Lipinski definition) is 0. The lowest BCUT2D eigenvalue weighted by molar-refractivity contribution is -0.711. The number of pyridine rings is 1. The summed E-state index contributed by atoms with van der Waals surface area (Å²) in [6.07, 6.45) is 8.31. The van der Waals surface area contributed by atoms with Crippen molar-refractivity contribution in [3.63, 3.8) is 0 Å². The van der Waals surface area contributed by atoms with Gasteiger partial charge in [-0.2, -0.15) is 5.26 Å². The fourth-order valence-corrected chi connectivity index (χ4v) is 6.61. The zero-order valence-electron chi connectivity index (χ0n) is 17.3. The maximum atomic E-state index is 15.6. The van der Waals surface area contributed by atoms with Gasteiger partial charge in [0.15, 0.2) is 17.8 Å². The number of nitrogens with zero attached hydrogens (tertiary/aromatic N) is 7. The van der Waals surface area contributed by atoms with Crippen molar-refractivity contribution in [2.24, 2.45) is 5.10 Å². The highest BCUT2D eigenvalue weighted by Crippen LogP contribution is 2.55. The zero-order valence-corrected chi connectivity index (χ0v) is 19.5. The summed E-state index contributed by atoms with van der Waals surface area (Å²) in [7, 11) is 1.93. The predicted octanol–water partition coefficient (Wildman–Crippen LogP) is 3.71. The summed E-state index contributed by atoms with van der Waals surface area (Å²) in [4.78, 5) is 10.8. The predicted molar refractivity (Wildman–Crippen MR) is 125 cm³/mol. The molecule has 2 aromatic heterocycles. The average molecular weight is 555 g/mol. The van der Waals surface area contributed by atoms with Crippen LogP contribution in [-0.4, -0.2) is 34.4 Å². The topological polar surface area (TPSA) is 69.0 Å². The summed E-state index contributed by atoms with van der Waals surface area (Å²) < 4.78 is 32.6. The third-order valence-corrected chi connectivity index (χ3v) is 7.93. The molecule has 6 rings (SSSR count). The largest absolute Gasteiger partial charge is 0.334 e. The molecule has 0 aliphatic carbocycles. The van der Waals surface area contributed by atoms with Crippen LogP contribution in [0, 0.1) is 23.0 Å². The molecule has 1 aromatic carbocycles. The summed E-state index contributed by atoms with van der Waals surface area (Å²) in [5.41, 5.74) is 2.41. The Balaban J connectivity index is 1.77. The number of benzene rings is 1. The van der Waals surface area contributed by atoms with Crippen molar-refractivity contribution in [1.29, 1.82) is 5.26 Å². The Kier molecular flexibility index (Phi) is 4.22. The van der Waals surface area contributed by atoms with Crippen molar-refractivity contribution < 1.29 is 13.3 Å². The summed E-state index contributed by atoms with van der Waals surface area (Å²) in [5, 5.41) is 14.2. The summed E-state index contributed by atoms with van der Waals surface area (Å²) >= 11 is 2.27. The van der Waals surface area contributed by atoms with Crippen LogP contribution in [-0.2, 0) is 0 Å². The van der Waals surface area contributed by atoms with Crippen LogP contribution < -0.4 is 7.37 Å². The second-order valence-electron chi connectivity index (χ2n) is 8.28. The highest BCUT2D eigenvalue weighted by Gasteiger charge is 2.58. The van der Waals surface area contributed by atoms with Gasteiger partial charge in [-0.3, -0.25) is 4.98 Å². The van der Waals surface area contributed by atoms with Crippen molar-refractivity contribution in [2.45, 2.75) is 18.1 Å². The number of fused-ring (bicyclic) bond motifs is 10.